The molecule has 0 radical (unpaired) electrons. The number of sulfonamides is 1. The van der Waals surface area contributed by atoms with Crippen LogP contribution in [0.4, 0.5) is 5.82 Å². The number of hydrogen-bond acceptors (Lipinski definition) is 4. The Bertz CT molecular complexity index is 451. The van der Waals surface area contributed by atoms with Gasteiger partial charge in [-0.25, -0.2) is 18.4 Å². The van der Waals surface area contributed by atoms with Crippen LogP contribution in [-0.2, 0) is 10.0 Å². The first-order valence-electron chi connectivity index (χ1n) is 3.68. The van der Waals surface area contributed by atoms with Crippen LogP contribution in [-0.4, -0.2) is 30.0 Å². The smallest absolute Gasteiger partial charge is 0.235 e. The number of halogens is 3. The molecule has 0 aliphatic carbocycles. The van der Waals surface area contributed by atoms with E-state index >= 15 is 0 Å². The Hall–Kier alpha value is -0.300. The van der Waals surface area contributed by atoms with Gasteiger partial charge in [-0.15, -0.1) is 11.6 Å². The first kappa shape index (κ1) is 12.8. The van der Waals surface area contributed by atoms with Crippen molar-refractivity contribution in [1.82, 2.24) is 9.97 Å². The third kappa shape index (κ3) is 3.64. The summed E-state index contributed by atoms with van der Waals surface area (Å²) < 4.78 is 24.8. The number of nitrogens with zero attached hydrogens (tertiary/aromatic N) is 2. The maximum atomic E-state index is 11.3. The average Bonchev–Trinajstić information content (AvgIpc) is 2.12. The van der Waals surface area contributed by atoms with Crippen LogP contribution in [0, 0.1) is 0 Å². The van der Waals surface area contributed by atoms with Gasteiger partial charge in [0.05, 0.1) is 5.75 Å². The SMILES string of the molecule is O=S(=O)(CCCl)Nc1ncnc(Cl)c1Cl. The number of nitrogens with one attached hydrogen (secondary N) is 1. The molecule has 1 N–H and O–H groups in total. The summed E-state index contributed by atoms with van der Waals surface area (Å²) in [5.41, 5.74) is 0. The van der Waals surface area contributed by atoms with Crippen LogP contribution in [0.1, 0.15) is 0 Å². The van der Waals surface area contributed by atoms with Crippen LogP contribution >= 0.6 is 34.8 Å². The minimum absolute atomic E-state index is 0.0183. The van der Waals surface area contributed by atoms with E-state index in [0.29, 0.717) is 0 Å². The molecular weight excluding hydrogens is 285 g/mol. The second-order valence-electron chi connectivity index (χ2n) is 2.44. The van der Waals surface area contributed by atoms with Crippen LogP contribution in [0.15, 0.2) is 6.33 Å². The third-order valence-corrected chi connectivity index (χ3v) is 3.75. The lowest BCUT2D eigenvalue weighted by Gasteiger charge is -2.07. The van der Waals surface area contributed by atoms with Gasteiger partial charge < -0.3 is 0 Å². The van der Waals surface area contributed by atoms with Crippen LogP contribution in [0.5, 0.6) is 0 Å². The van der Waals surface area contributed by atoms with Gasteiger partial charge in [-0.05, 0) is 0 Å². The molecule has 0 aliphatic heterocycles. The van der Waals surface area contributed by atoms with Crippen molar-refractivity contribution in [1.29, 1.82) is 0 Å². The second-order valence-corrected chi connectivity index (χ2v) is 5.39. The van der Waals surface area contributed by atoms with Gasteiger partial charge in [0.15, 0.2) is 11.0 Å². The van der Waals surface area contributed by atoms with Gasteiger partial charge in [-0.2, -0.15) is 0 Å². The molecule has 15 heavy (non-hydrogen) atoms. The quantitative estimate of drug-likeness (QED) is 0.677. The van der Waals surface area contributed by atoms with E-state index in [0.717, 1.165) is 6.33 Å². The van der Waals surface area contributed by atoms with Crippen molar-refractivity contribution in [3.05, 3.63) is 16.5 Å². The summed E-state index contributed by atoms with van der Waals surface area (Å²) in [7, 11) is -3.54. The Morgan fingerprint density at radius 1 is 1.33 bits per heavy atom. The fourth-order valence-electron chi connectivity index (χ4n) is 0.719. The van der Waals surface area contributed by atoms with Crippen molar-refractivity contribution in [3.63, 3.8) is 0 Å². The molecular formula is C6H6Cl3N3O2S. The normalized spacial score (nSPS) is 11.4. The van der Waals surface area contributed by atoms with Crippen molar-refractivity contribution in [2.45, 2.75) is 0 Å². The summed E-state index contributed by atoms with van der Waals surface area (Å²) >= 11 is 16.6. The molecule has 1 aromatic heterocycles. The van der Waals surface area contributed by atoms with Crippen LogP contribution in [0.2, 0.25) is 10.2 Å². The number of anilines is 1. The lowest BCUT2D eigenvalue weighted by molar-refractivity contribution is 0.602. The first-order valence-corrected chi connectivity index (χ1v) is 6.63. The van der Waals surface area contributed by atoms with Crippen molar-refractivity contribution >= 4 is 50.6 Å². The molecule has 5 nitrogen and oxygen atoms in total. The van der Waals surface area contributed by atoms with E-state index in [2.05, 4.69) is 14.7 Å². The molecule has 84 valence electrons. The molecule has 0 fully saturated rings. The molecule has 1 rings (SSSR count). The maximum absolute atomic E-state index is 11.3. The fraction of sp³-hybridized carbons (Fsp3) is 0.333. The first-order chi connectivity index (χ1) is 6.96. The second kappa shape index (κ2) is 5.16. The summed E-state index contributed by atoms with van der Waals surface area (Å²) in [5, 5.41) is -0.0624. The Morgan fingerprint density at radius 3 is 2.60 bits per heavy atom. The monoisotopic (exact) mass is 289 g/mol. The van der Waals surface area contributed by atoms with Gasteiger partial charge in [0, 0.05) is 5.88 Å². The molecule has 0 amide bonds. The zero-order chi connectivity index (χ0) is 11.5. The summed E-state index contributed by atoms with van der Waals surface area (Å²) in [6, 6.07) is 0. The average molecular weight is 291 g/mol. The van der Waals surface area contributed by atoms with Gasteiger partial charge in [0.25, 0.3) is 0 Å². The third-order valence-electron chi connectivity index (χ3n) is 1.34. The zero-order valence-electron chi connectivity index (χ0n) is 7.24. The lowest BCUT2D eigenvalue weighted by atomic mass is 10.6. The number of hydrogen-bond donors (Lipinski definition) is 1. The van der Waals surface area contributed by atoms with Gasteiger partial charge in [0.2, 0.25) is 10.0 Å². The highest BCUT2D eigenvalue weighted by atomic mass is 35.5. The number of rotatable bonds is 4. The van der Waals surface area contributed by atoms with E-state index in [-0.39, 0.29) is 27.6 Å². The van der Waals surface area contributed by atoms with Crippen molar-refractivity contribution in [2.24, 2.45) is 0 Å². The fourth-order valence-corrected chi connectivity index (χ4v) is 2.42. The molecule has 0 aromatic carbocycles. The van der Waals surface area contributed by atoms with E-state index < -0.39 is 10.0 Å². The van der Waals surface area contributed by atoms with E-state index in [4.69, 9.17) is 34.8 Å². The molecule has 0 atom stereocenters. The summed E-state index contributed by atoms with van der Waals surface area (Å²) in [5.74, 6) is -0.306. The Labute approximate surface area is 102 Å². The molecule has 0 aliphatic rings. The summed E-state index contributed by atoms with van der Waals surface area (Å²) in [6.07, 6.45) is 1.10. The maximum Gasteiger partial charge on any atom is 0.235 e. The van der Waals surface area contributed by atoms with E-state index in [9.17, 15) is 8.42 Å². The molecule has 0 saturated heterocycles. The molecule has 1 heterocycles. The van der Waals surface area contributed by atoms with E-state index in [1.807, 2.05) is 0 Å². The highest BCUT2D eigenvalue weighted by Crippen LogP contribution is 2.25. The van der Waals surface area contributed by atoms with Crippen molar-refractivity contribution in [2.75, 3.05) is 16.4 Å². The molecule has 0 unspecified atom stereocenters. The van der Waals surface area contributed by atoms with Gasteiger partial charge in [-0.3, -0.25) is 4.72 Å². The minimum atomic E-state index is -3.54. The van der Waals surface area contributed by atoms with E-state index in [1.54, 1.807) is 0 Å². The highest BCUT2D eigenvalue weighted by molar-refractivity contribution is 7.92. The van der Waals surface area contributed by atoms with Gasteiger partial charge in [-0.1, -0.05) is 23.2 Å². The predicted molar refractivity (Wildman–Crippen MR) is 60.2 cm³/mol. The van der Waals surface area contributed by atoms with Crippen LogP contribution < -0.4 is 4.72 Å². The summed E-state index contributed by atoms with van der Waals surface area (Å²) in [4.78, 5) is 7.22. The summed E-state index contributed by atoms with van der Waals surface area (Å²) in [6.45, 7) is 0. The lowest BCUT2D eigenvalue weighted by Crippen LogP contribution is -2.18. The predicted octanol–water partition coefficient (Wildman–Crippen LogP) is 1.76. The van der Waals surface area contributed by atoms with Gasteiger partial charge in [0.1, 0.15) is 11.3 Å². The van der Waals surface area contributed by atoms with Crippen molar-refractivity contribution < 1.29 is 8.42 Å². The highest BCUT2D eigenvalue weighted by Gasteiger charge is 2.14. The Morgan fingerprint density at radius 2 is 2.00 bits per heavy atom. The molecule has 9 heteroatoms. The van der Waals surface area contributed by atoms with E-state index in [1.165, 1.54) is 0 Å². The molecule has 0 bridgehead atoms. The topological polar surface area (TPSA) is 72.0 Å². The number of alkyl halides is 1. The van der Waals surface area contributed by atoms with Crippen LogP contribution in [0.3, 0.4) is 0 Å². The number of aromatic nitrogens is 2. The van der Waals surface area contributed by atoms with Crippen LogP contribution in [0.25, 0.3) is 0 Å². The molecule has 0 spiro atoms. The minimum Gasteiger partial charge on any atom is -0.266 e. The largest absolute Gasteiger partial charge is 0.266 e. The van der Waals surface area contributed by atoms with Gasteiger partial charge >= 0.3 is 0 Å². The Kier molecular flexibility index (Phi) is 4.39. The molecule has 1 aromatic rings. The molecule has 0 saturated carbocycles. The standard InChI is InChI=1S/C6H6Cl3N3O2S/c7-1-2-15(13,14)12-6-4(8)5(9)10-3-11-6/h3H,1-2H2,(H,10,11,12). The zero-order valence-corrected chi connectivity index (χ0v) is 10.3. The van der Waals surface area contributed by atoms with Crippen molar-refractivity contribution in [3.8, 4) is 0 Å². The Balaban J connectivity index is 2.95.